The minimum Gasteiger partial charge on any atom is -0.371 e. The van der Waals surface area contributed by atoms with Crippen molar-refractivity contribution in [1.29, 1.82) is 0 Å². The van der Waals surface area contributed by atoms with Gasteiger partial charge in [-0.15, -0.1) is 0 Å². The molecule has 16 heavy (non-hydrogen) atoms. The fourth-order valence-electron chi connectivity index (χ4n) is 1.82. The van der Waals surface area contributed by atoms with E-state index in [1.165, 1.54) is 0 Å². The second-order valence-corrected chi connectivity index (χ2v) is 3.75. The molecule has 2 fully saturated rings. The maximum atomic E-state index is 11.8. The standard InChI is InChI=1S/C9H13F3O4/c10-9(11,12)5-13-3-6-8-7(4-16-6)14-1-2-15-8/h6-8H,1-5H2. The molecule has 0 spiro atoms. The highest BCUT2D eigenvalue weighted by Crippen LogP contribution is 2.24. The molecule has 0 aromatic carbocycles. The molecule has 7 heteroatoms. The molecule has 2 rings (SSSR count). The molecule has 3 atom stereocenters. The van der Waals surface area contributed by atoms with Crippen molar-refractivity contribution in [3.05, 3.63) is 0 Å². The third kappa shape index (κ3) is 3.07. The van der Waals surface area contributed by atoms with E-state index >= 15 is 0 Å². The van der Waals surface area contributed by atoms with Crippen LogP contribution in [0.25, 0.3) is 0 Å². The van der Waals surface area contributed by atoms with Gasteiger partial charge in [-0.05, 0) is 0 Å². The van der Waals surface area contributed by atoms with E-state index in [1.807, 2.05) is 0 Å². The lowest BCUT2D eigenvalue weighted by atomic mass is 10.1. The largest absolute Gasteiger partial charge is 0.411 e. The molecule has 2 aliphatic rings. The second-order valence-electron chi connectivity index (χ2n) is 3.75. The van der Waals surface area contributed by atoms with Gasteiger partial charge in [0.2, 0.25) is 0 Å². The number of fused-ring (bicyclic) bond motifs is 1. The van der Waals surface area contributed by atoms with Gasteiger partial charge in [0.25, 0.3) is 0 Å². The van der Waals surface area contributed by atoms with Crippen molar-refractivity contribution >= 4 is 0 Å². The van der Waals surface area contributed by atoms with Crippen LogP contribution in [0, 0.1) is 0 Å². The van der Waals surface area contributed by atoms with Crippen molar-refractivity contribution in [2.75, 3.05) is 33.0 Å². The van der Waals surface area contributed by atoms with Gasteiger partial charge in [-0.3, -0.25) is 0 Å². The van der Waals surface area contributed by atoms with Crippen molar-refractivity contribution in [2.45, 2.75) is 24.5 Å². The highest BCUT2D eigenvalue weighted by atomic mass is 19.4. The van der Waals surface area contributed by atoms with E-state index in [9.17, 15) is 13.2 Å². The highest BCUT2D eigenvalue weighted by Gasteiger charge is 2.41. The number of ether oxygens (including phenoxy) is 4. The summed E-state index contributed by atoms with van der Waals surface area (Å²) in [7, 11) is 0. The summed E-state index contributed by atoms with van der Waals surface area (Å²) < 4.78 is 56.1. The molecule has 2 heterocycles. The molecular formula is C9H13F3O4. The molecule has 3 unspecified atom stereocenters. The van der Waals surface area contributed by atoms with Gasteiger partial charge in [0, 0.05) is 0 Å². The fourth-order valence-corrected chi connectivity index (χ4v) is 1.82. The zero-order valence-corrected chi connectivity index (χ0v) is 8.53. The van der Waals surface area contributed by atoms with Gasteiger partial charge in [0.05, 0.1) is 26.4 Å². The Bertz CT molecular complexity index is 233. The van der Waals surface area contributed by atoms with E-state index in [0.29, 0.717) is 19.8 Å². The molecule has 0 radical (unpaired) electrons. The van der Waals surface area contributed by atoms with E-state index in [-0.39, 0.29) is 18.8 Å². The summed E-state index contributed by atoms with van der Waals surface area (Å²) in [6.45, 7) is -0.0825. The van der Waals surface area contributed by atoms with Crippen LogP contribution in [0.5, 0.6) is 0 Å². The Morgan fingerprint density at radius 2 is 1.88 bits per heavy atom. The molecule has 94 valence electrons. The third-order valence-electron chi connectivity index (χ3n) is 2.48. The third-order valence-corrected chi connectivity index (χ3v) is 2.48. The Hall–Kier alpha value is -0.370. The van der Waals surface area contributed by atoms with E-state index < -0.39 is 18.9 Å². The Labute approximate surface area is 90.6 Å². The number of alkyl halides is 3. The summed E-state index contributed by atoms with van der Waals surface area (Å²) in [5, 5.41) is 0. The van der Waals surface area contributed by atoms with Crippen LogP contribution in [0.1, 0.15) is 0 Å². The van der Waals surface area contributed by atoms with Crippen LogP contribution in [0.3, 0.4) is 0 Å². The maximum Gasteiger partial charge on any atom is 0.411 e. The lowest BCUT2D eigenvalue weighted by Crippen LogP contribution is -2.42. The number of hydrogen-bond acceptors (Lipinski definition) is 4. The first-order chi connectivity index (χ1) is 7.56. The van der Waals surface area contributed by atoms with Crippen molar-refractivity contribution in [2.24, 2.45) is 0 Å². The van der Waals surface area contributed by atoms with Gasteiger partial charge in [-0.25, -0.2) is 0 Å². The highest BCUT2D eigenvalue weighted by molar-refractivity contribution is 4.87. The number of hydrogen-bond donors (Lipinski definition) is 0. The van der Waals surface area contributed by atoms with E-state index in [4.69, 9.17) is 14.2 Å². The van der Waals surface area contributed by atoms with Gasteiger partial charge in [-0.2, -0.15) is 13.2 Å². The topological polar surface area (TPSA) is 36.9 Å². The van der Waals surface area contributed by atoms with Crippen molar-refractivity contribution in [1.82, 2.24) is 0 Å². The minimum atomic E-state index is -4.30. The Morgan fingerprint density at radius 1 is 1.12 bits per heavy atom. The van der Waals surface area contributed by atoms with Gasteiger partial charge in [0.1, 0.15) is 24.9 Å². The van der Waals surface area contributed by atoms with Crippen molar-refractivity contribution in [3.63, 3.8) is 0 Å². The summed E-state index contributed by atoms with van der Waals surface area (Å²) in [6.07, 6.45) is -5.25. The Morgan fingerprint density at radius 3 is 2.62 bits per heavy atom. The zero-order chi connectivity index (χ0) is 11.6. The van der Waals surface area contributed by atoms with Crippen LogP contribution in [-0.2, 0) is 18.9 Å². The monoisotopic (exact) mass is 242 g/mol. The molecule has 0 aromatic heterocycles. The molecule has 0 amide bonds. The minimum absolute atomic E-state index is 0.121. The molecular weight excluding hydrogens is 229 g/mol. The van der Waals surface area contributed by atoms with E-state index in [2.05, 4.69) is 4.74 Å². The normalized spacial score (nSPS) is 35.1. The Kier molecular flexibility index (Phi) is 3.68. The van der Waals surface area contributed by atoms with Crippen molar-refractivity contribution < 1.29 is 32.1 Å². The van der Waals surface area contributed by atoms with Crippen molar-refractivity contribution in [3.8, 4) is 0 Å². The van der Waals surface area contributed by atoms with Gasteiger partial charge < -0.3 is 18.9 Å². The average molecular weight is 242 g/mol. The summed E-state index contributed by atoms with van der Waals surface area (Å²) in [5.74, 6) is 0. The van der Waals surface area contributed by atoms with Crippen LogP contribution in [0.2, 0.25) is 0 Å². The maximum absolute atomic E-state index is 11.8. The van der Waals surface area contributed by atoms with Gasteiger partial charge in [0.15, 0.2) is 0 Å². The van der Waals surface area contributed by atoms with Gasteiger partial charge >= 0.3 is 6.18 Å². The van der Waals surface area contributed by atoms with Crippen LogP contribution >= 0.6 is 0 Å². The smallest absolute Gasteiger partial charge is 0.371 e. The average Bonchev–Trinajstić information content (AvgIpc) is 2.60. The summed E-state index contributed by atoms with van der Waals surface area (Å²) >= 11 is 0. The summed E-state index contributed by atoms with van der Waals surface area (Å²) in [4.78, 5) is 0. The Balaban J connectivity index is 1.74. The number of rotatable bonds is 3. The lowest BCUT2D eigenvalue weighted by molar-refractivity contribution is -0.186. The van der Waals surface area contributed by atoms with Crippen LogP contribution in [0.15, 0.2) is 0 Å². The zero-order valence-electron chi connectivity index (χ0n) is 8.53. The molecule has 0 saturated carbocycles. The molecule has 0 bridgehead atoms. The van der Waals surface area contributed by atoms with Crippen LogP contribution in [-0.4, -0.2) is 57.5 Å². The second kappa shape index (κ2) is 4.87. The first-order valence-corrected chi connectivity index (χ1v) is 5.05. The first kappa shape index (κ1) is 12.1. The summed E-state index contributed by atoms with van der Waals surface area (Å²) in [6, 6.07) is 0. The molecule has 2 aliphatic heterocycles. The van der Waals surface area contributed by atoms with E-state index in [0.717, 1.165) is 0 Å². The molecule has 4 nitrogen and oxygen atoms in total. The van der Waals surface area contributed by atoms with Gasteiger partial charge in [-0.1, -0.05) is 0 Å². The fraction of sp³-hybridized carbons (Fsp3) is 1.00. The predicted molar refractivity (Wildman–Crippen MR) is 46.1 cm³/mol. The lowest BCUT2D eigenvalue weighted by Gasteiger charge is -2.27. The SMILES string of the molecule is FC(F)(F)COCC1OCC2OCCOC12. The molecule has 2 saturated heterocycles. The van der Waals surface area contributed by atoms with Crippen LogP contribution < -0.4 is 0 Å². The first-order valence-electron chi connectivity index (χ1n) is 5.05. The molecule has 0 aromatic rings. The predicted octanol–water partition coefficient (Wildman–Crippen LogP) is 0.748. The summed E-state index contributed by atoms with van der Waals surface area (Å²) in [5.41, 5.74) is 0. The molecule has 0 aliphatic carbocycles. The van der Waals surface area contributed by atoms with Crippen LogP contribution in [0.4, 0.5) is 13.2 Å². The quantitative estimate of drug-likeness (QED) is 0.731. The number of halogens is 3. The van der Waals surface area contributed by atoms with E-state index in [1.54, 1.807) is 0 Å². The molecule has 0 N–H and O–H groups in total.